The molecule has 0 unspecified atom stereocenters. The molecule has 2 aromatic rings. The first kappa shape index (κ1) is 36.0. The van der Waals surface area contributed by atoms with E-state index in [4.69, 9.17) is 24.5 Å². The molecule has 45 heavy (non-hydrogen) atoms. The Kier molecular flexibility index (Phi) is 10.4. The highest BCUT2D eigenvalue weighted by atomic mass is 32.2. The van der Waals surface area contributed by atoms with E-state index in [1.807, 2.05) is 0 Å². The Morgan fingerprint density at radius 1 is 1.13 bits per heavy atom. The summed E-state index contributed by atoms with van der Waals surface area (Å²) in [5, 5.41) is 53.7. The van der Waals surface area contributed by atoms with Crippen LogP contribution in [0.5, 0.6) is 17.2 Å². The number of hydrogen-bond donors (Lipinski definition) is 8. The second kappa shape index (κ2) is 13.1. The number of aliphatic hydroxyl groups excluding tert-OH is 2. The van der Waals surface area contributed by atoms with E-state index < -0.39 is 106 Å². The fraction of sp³-hybridized carbons (Fsp3) is 0.464. The predicted molar refractivity (Wildman–Crippen MR) is 154 cm³/mol. The van der Waals surface area contributed by atoms with Crippen molar-refractivity contribution in [2.24, 2.45) is 5.73 Å². The van der Waals surface area contributed by atoms with E-state index in [1.54, 1.807) is 6.92 Å². The van der Waals surface area contributed by atoms with Crippen LogP contribution >= 0.6 is 0 Å². The topological polar surface area (TPSA) is 295 Å². The third-order valence-electron chi connectivity index (χ3n) is 7.81. The maximum Gasteiger partial charge on any atom is 0.261 e. The van der Waals surface area contributed by atoms with Crippen LogP contribution in [0.15, 0.2) is 18.2 Å². The van der Waals surface area contributed by atoms with Crippen molar-refractivity contribution in [2.75, 3.05) is 20.0 Å². The van der Waals surface area contributed by atoms with Gasteiger partial charge in [0.1, 0.15) is 29.5 Å². The highest BCUT2D eigenvalue weighted by Gasteiger charge is 2.50. The number of rotatable bonds is 5. The molecule has 3 aliphatic rings. The maximum absolute atomic E-state index is 13.6. The van der Waals surface area contributed by atoms with Crippen LogP contribution in [0.4, 0.5) is 0 Å². The normalized spacial score (nSPS) is 27.2. The SMILES string of the molecule is COc1cccc2c1C(=O)c1c(O)c3c(c(O)c1C2=O)C[C@@](O)(C(=O)CO)C[C@@H]3O[C@H]1C[C@H](N)[C@H](O)[C@H](C)O1.CS(=O)(=O)O.N. The van der Waals surface area contributed by atoms with Gasteiger partial charge in [0, 0.05) is 42.0 Å². The number of fused-ring (bicyclic) bond motifs is 3. The summed E-state index contributed by atoms with van der Waals surface area (Å²) >= 11 is 0. The molecule has 2 aliphatic carbocycles. The number of ketones is 3. The third-order valence-corrected chi connectivity index (χ3v) is 7.81. The number of hydrogen-bond acceptors (Lipinski definition) is 15. The third kappa shape index (κ3) is 6.71. The minimum atomic E-state index is -3.67. The maximum atomic E-state index is 13.6. The molecule has 0 aromatic heterocycles. The number of carbonyl (C=O) groups is 3. The van der Waals surface area contributed by atoms with Gasteiger partial charge in [0.15, 0.2) is 17.9 Å². The van der Waals surface area contributed by atoms with Gasteiger partial charge in [-0.25, -0.2) is 0 Å². The van der Waals surface area contributed by atoms with Gasteiger partial charge in [0.2, 0.25) is 5.78 Å². The highest BCUT2D eigenvalue weighted by Crippen LogP contribution is 2.52. The van der Waals surface area contributed by atoms with Crippen molar-refractivity contribution in [3.05, 3.63) is 51.6 Å². The van der Waals surface area contributed by atoms with Gasteiger partial charge in [-0.05, 0) is 13.0 Å². The van der Waals surface area contributed by atoms with Crippen molar-refractivity contribution in [3.8, 4) is 17.2 Å². The monoisotopic (exact) mass is 656 g/mol. The fourth-order valence-corrected chi connectivity index (χ4v) is 5.75. The quantitative estimate of drug-likeness (QED) is 0.129. The highest BCUT2D eigenvalue weighted by molar-refractivity contribution is 7.85. The lowest BCUT2D eigenvalue weighted by atomic mass is 9.72. The van der Waals surface area contributed by atoms with Gasteiger partial charge in [-0.15, -0.1) is 0 Å². The molecule has 1 fully saturated rings. The lowest BCUT2D eigenvalue weighted by Gasteiger charge is -2.42. The van der Waals surface area contributed by atoms with Crippen molar-refractivity contribution in [1.82, 2.24) is 6.15 Å². The first-order valence-corrected chi connectivity index (χ1v) is 15.2. The molecule has 17 heteroatoms. The number of carbonyl (C=O) groups excluding carboxylic acids is 3. The molecule has 0 amide bonds. The van der Waals surface area contributed by atoms with Crippen molar-refractivity contribution in [2.45, 2.75) is 62.4 Å². The van der Waals surface area contributed by atoms with E-state index in [0.29, 0.717) is 6.26 Å². The summed E-state index contributed by atoms with van der Waals surface area (Å²) in [6.07, 6.45) is -4.41. The molecule has 248 valence electrons. The molecular weight excluding hydrogens is 620 g/mol. The van der Waals surface area contributed by atoms with E-state index in [-0.39, 0.29) is 40.6 Å². The summed E-state index contributed by atoms with van der Waals surface area (Å²) in [6.45, 7) is 0.560. The summed E-state index contributed by atoms with van der Waals surface area (Å²) in [5.41, 5.74) is 2.37. The van der Waals surface area contributed by atoms with E-state index in [2.05, 4.69) is 0 Å². The van der Waals surface area contributed by atoms with Crippen molar-refractivity contribution < 1.29 is 67.1 Å². The summed E-state index contributed by atoms with van der Waals surface area (Å²) in [5.74, 6) is -3.77. The van der Waals surface area contributed by atoms with E-state index in [0.717, 1.165) is 0 Å². The number of methoxy groups -OCH3 is 1. The van der Waals surface area contributed by atoms with Crippen LogP contribution in [0.3, 0.4) is 0 Å². The molecule has 6 atom stereocenters. The molecule has 1 heterocycles. The number of nitrogens with two attached hydrogens (primary N) is 1. The Hall–Kier alpha value is -3.52. The molecular formula is C28H36N2O14S. The predicted octanol–water partition coefficient (Wildman–Crippen LogP) is -0.333. The molecule has 1 saturated heterocycles. The largest absolute Gasteiger partial charge is 0.507 e. The zero-order chi connectivity index (χ0) is 32.9. The molecule has 11 N–H and O–H groups in total. The fourth-order valence-electron chi connectivity index (χ4n) is 5.75. The number of Topliss-reactive ketones (excluding diaryl/α,β-unsaturated/α-hetero) is 1. The number of aromatic hydroxyl groups is 2. The number of benzene rings is 2. The van der Waals surface area contributed by atoms with Crippen LogP contribution in [0, 0.1) is 0 Å². The van der Waals surface area contributed by atoms with Crippen LogP contribution in [0.25, 0.3) is 0 Å². The Bertz CT molecular complexity index is 1610. The lowest BCUT2D eigenvalue weighted by Crippen LogP contribution is -2.53. The number of ether oxygens (including phenoxy) is 3. The Labute approximate surface area is 257 Å². The first-order chi connectivity index (χ1) is 20.4. The first-order valence-electron chi connectivity index (χ1n) is 13.3. The minimum absolute atomic E-state index is 0. The molecule has 16 nitrogen and oxygen atoms in total. The molecule has 0 bridgehead atoms. The van der Waals surface area contributed by atoms with Crippen LogP contribution in [0.1, 0.15) is 68.8 Å². The number of phenols is 2. The average molecular weight is 657 g/mol. The van der Waals surface area contributed by atoms with Gasteiger partial charge in [0.25, 0.3) is 10.1 Å². The lowest BCUT2D eigenvalue weighted by molar-refractivity contribution is -0.247. The summed E-state index contributed by atoms with van der Waals surface area (Å²) in [7, 11) is -2.34. The van der Waals surface area contributed by atoms with E-state index in [9.17, 15) is 48.3 Å². The smallest absolute Gasteiger partial charge is 0.261 e. The van der Waals surface area contributed by atoms with Crippen LogP contribution in [0.2, 0.25) is 0 Å². The van der Waals surface area contributed by atoms with Gasteiger partial charge in [-0.3, -0.25) is 18.9 Å². The number of phenolic OH excluding ortho intramolecular Hbond substituents is 2. The Morgan fingerprint density at radius 2 is 1.73 bits per heavy atom. The molecule has 0 saturated carbocycles. The van der Waals surface area contributed by atoms with E-state index in [1.165, 1.54) is 25.3 Å². The Morgan fingerprint density at radius 3 is 2.29 bits per heavy atom. The van der Waals surface area contributed by atoms with Crippen molar-refractivity contribution >= 4 is 27.5 Å². The van der Waals surface area contributed by atoms with Gasteiger partial charge < -0.3 is 51.6 Å². The van der Waals surface area contributed by atoms with Crippen LogP contribution in [-0.4, -0.2) is 106 Å². The summed E-state index contributed by atoms with van der Waals surface area (Å²) in [4.78, 5) is 39.7. The molecule has 5 rings (SSSR count). The zero-order valence-corrected chi connectivity index (χ0v) is 25.4. The van der Waals surface area contributed by atoms with Gasteiger partial charge in [-0.1, -0.05) is 12.1 Å². The van der Waals surface area contributed by atoms with Gasteiger partial charge in [0.05, 0.1) is 48.4 Å². The van der Waals surface area contributed by atoms with Gasteiger partial charge >= 0.3 is 0 Å². The molecule has 2 aromatic carbocycles. The van der Waals surface area contributed by atoms with Gasteiger partial charge in [-0.2, -0.15) is 8.42 Å². The second-order valence-corrected chi connectivity index (χ2v) is 12.4. The van der Waals surface area contributed by atoms with Crippen LogP contribution in [-0.2, 0) is 30.8 Å². The standard InChI is InChI=1S/C27H29NO11.CH4O3S.H3N/c1-10-22(31)13(28)6-17(38-10)39-15-8-27(36,16(30)9-29)7-12-19(15)26(35)21-20(24(12)33)23(32)11-4-3-5-14(37-2)18(11)25(21)34;1-5(2,3)4;/h3-5,10,13,15,17,22,29,31,33,35-36H,6-9,28H2,1-2H3;1H3,(H,2,3,4);1H3/t10-,13-,15-,17-,22+,27-;;/m0../s1. The summed E-state index contributed by atoms with van der Waals surface area (Å²) in [6, 6.07) is 3.64. The molecule has 0 spiro atoms. The van der Waals surface area contributed by atoms with Crippen molar-refractivity contribution in [3.63, 3.8) is 0 Å². The zero-order valence-electron chi connectivity index (χ0n) is 24.6. The minimum Gasteiger partial charge on any atom is -0.507 e. The Balaban J connectivity index is 0.000000854. The number of aliphatic hydroxyl groups is 3. The van der Waals surface area contributed by atoms with E-state index >= 15 is 0 Å². The molecule has 0 radical (unpaired) electrons. The van der Waals surface area contributed by atoms with Crippen molar-refractivity contribution in [1.29, 1.82) is 0 Å². The summed E-state index contributed by atoms with van der Waals surface area (Å²) < 4.78 is 42.9. The average Bonchev–Trinajstić information content (AvgIpc) is 2.94. The second-order valence-electron chi connectivity index (χ2n) is 10.9. The van der Waals surface area contributed by atoms with Crippen LogP contribution < -0.4 is 16.6 Å². The molecule has 1 aliphatic heterocycles.